The summed E-state index contributed by atoms with van der Waals surface area (Å²) in [7, 11) is 1.83. The third kappa shape index (κ3) is 3.18. The van der Waals surface area contributed by atoms with Crippen molar-refractivity contribution in [1.82, 2.24) is 14.8 Å². The fourth-order valence-corrected chi connectivity index (χ4v) is 2.66. The highest BCUT2D eigenvalue weighted by Crippen LogP contribution is 2.25. The third-order valence-corrected chi connectivity index (χ3v) is 3.92. The molecule has 1 aromatic carbocycles. The van der Waals surface area contributed by atoms with Crippen molar-refractivity contribution in [2.24, 2.45) is 17.9 Å². The molecular weight excluding hydrogens is 286 g/mol. The Morgan fingerprint density at radius 3 is 2.95 bits per heavy atom. The van der Waals surface area contributed by atoms with Crippen LogP contribution in [0.15, 0.2) is 34.8 Å². The van der Waals surface area contributed by atoms with Gasteiger partial charge in [0.2, 0.25) is 0 Å². The Hall–Kier alpha value is -1.73. The highest BCUT2D eigenvalue weighted by Gasteiger charge is 2.07. The van der Waals surface area contributed by atoms with Gasteiger partial charge in [-0.15, -0.1) is 0 Å². The first kappa shape index (κ1) is 13.7. The molecular formula is C11H12ClN5OS. The van der Waals surface area contributed by atoms with Gasteiger partial charge in [-0.3, -0.25) is 0 Å². The van der Waals surface area contributed by atoms with Crippen molar-refractivity contribution in [2.45, 2.75) is 10.9 Å². The first-order chi connectivity index (χ1) is 9.11. The number of oxime groups is 1. The van der Waals surface area contributed by atoms with E-state index in [-0.39, 0.29) is 5.84 Å². The summed E-state index contributed by atoms with van der Waals surface area (Å²) in [6, 6.07) is 5.27. The Bertz CT molecular complexity index is 613. The van der Waals surface area contributed by atoms with Gasteiger partial charge in [0.05, 0.1) is 0 Å². The molecule has 0 radical (unpaired) electrons. The second-order valence-corrected chi connectivity index (χ2v) is 5.10. The van der Waals surface area contributed by atoms with Crippen LogP contribution in [0.4, 0.5) is 0 Å². The number of rotatable bonds is 4. The van der Waals surface area contributed by atoms with Gasteiger partial charge in [0.15, 0.2) is 11.0 Å². The van der Waals surface area contributed by atoms with Crippen molar-refractivity contribution < 1.29 is 5.21 Å². The van der Waals surface area contributed by atoms with Crippen LogP contribution in [0.1, 0.15) is 11.1 Å². The van der Waals surface area contributed by atoms with Crippen molar-refractivity contribution in [1.29, 1.82) is 0 Å². The van der Waals surface area contributed by atoms with E-state index in [4.69, 9.17) is 22.5 Å². The summed E-state index contributed by atoms with van der Waals surface area (Å²) >= 11 is 7.70. The molecule has 6 nitrogen and oxygen atoms in total. The minimum atomic E-state index is 0.0365. The van der Waals surface area contributed by atoms with E-state index in [1.807, 2.05) is 13.1 Å². The highest BCUT2D eigenvalue weighted by molar-refractivity contribution is 7.98. The molecule has 8 heteroatoms. The number of nitrogens with two attached hydrogens (primary N) is 1. The SMILES string of the molecule is Cn1ncnc1SCc1ccc(/C(N)=N/O)cc1Cl. The second kappa shape index (κ2) is 5.94. The molecule has 0 aliphatic carbocycles. The van der Waals surface area contributed by atoms with Crippen molar-refractivity contribution in [3.63, 3.8) is 0 Å². The van der Waals surface area contributed by atoms with E-state index in [0.29, 0.717) is 16.3 Å². The van der Waals surface area contributed by atoms with Crippen LogP contribution in [0.25, 0.3) is 0 Å². The average Bonchev–Trinajstić information content (AvgIpc) is 2.82. The molecule has 0 aliphatic heterocycles. The number of halogens is 1. The molecule has 0 bridgehead atoms. The maximum absolute atomic E-state index is 8.61. The van der Waals surface area contributed by atoms with Gasteiger partial charge in [-0.1, -0.05) is 40.7 Å². The van der Waals surface area contributed by atoms with Crippen LogP contribution in [0.5, 0.6) is 0 Å². The number of hydrogen-bond acceptors (Lipinski definition) is 5. The second-order valence-electron chi connectivity index (χ2n) is 3.75. The van der Waals surface area contributed by atoms with Crippen LogP contribution in [0, 0.1) is 0 Å². The largest absolute Gasteiger partial charge is 0.409 e. The zero-order valence-electron chi connectivity index (χ0n) is 10.1. The van der Waals surface area contributed by atoms with Crippen LogP contribution >= 0.6 is 23.4 Å². The maximum Gasteiger partial charge on any atom is 0.186 e. The zero-order chi connectivity index (χ0) is 13.8. The zero-order valence-corrected chi connectivity index (χ0v) is 11.7. The summed E-state index contributed by atoms with van der Waals surface area (Å²) in [4.78, 5) is 4.12. The van der Waals surface area contributed by atoms with Gasteiger partial charge in [-0.05, 0) is 11.6 Å². The van der Waals surface area contributed by atoms with Crippen LogP contribution < -0.4 is 5.73 Å². The summed E-state index contributed by atoms with van der Waals surface area (Å²) in [6.45, 7) is 0. The average molecular weight is 298 g/mol. The molecule has 0 atom stereocenters. The number of benzene rings is 1. The molecule has 0 fully saturated rings. The third-order valence-electron chi connectivity index (χ3n) is 2.48. The number of nitrogens with zero attached hydrogens (tertiary/aromatic N) is 4. The normalized spacial score (nSPS) is 11.8. The Labute approximate surface area is 119 Å². The molecule has 1 aromatic heterocycles. The molecule has 19 heavy (non-hydrogen) atoms. The van der Waals surface area contributed by atoms with Crippen LogP contribution in [-0.4, -0.2) is 25.8 Å². The van der Waals surface area contributed by atoms with Gasteiger partial charge in [0.1, 0.15) is 6.33 Å². The van der Waals surface area contributed by atoms with E-state index in [1.54, 1.807) is 16.8 Å². The Morgan fingerprint density at radius 2 is 2.37 bits per heavy atom. The molecule has 100 valence electrons. The first-order valence-corrected chi connectivity index (χ1v) is 6.71. The number of amidine groups is 1. The van der Waals surface area contributed by atoms with Gasteiger partial charge >= 0.3 is 0 Å². The van der Waals surface area contributed by atoms with Gasteiger partial charge in [0, 0.05) is 23.4 Å². The minimum Gasteiger partial charge on any atom is -0.409 e. The summed E-state index contributed by atoms with van der Waals surface area (Å²) in [5, 5.41) is 16.9. The number of aromatic nitrogens is 3. The highest BCUT2D eigenvalue weighted by atomic mass is 35.5. The van der Waals surface area contributed by atoms with Crippen LogP contribution in [0.2, 0.25) is 5.02 Å². The van der Waals surface area contributed by atoms with E-state index in [2.05, 4.69) is 15.2 Å². The standard InChI is InChI=1S/C11H12ClN5OS/c1-17-11(14-6-15-17)19-5-8-3-2-7(4-9(8)12)10(13)16-18/h2-4,6,18H,5H2,1H3,(H2,13,16). The molecule has 1 heterocycles. The lowest BCUT2D eigenvalue weighted by atomic mass is 10.1. The molecule has 0 amide bonds. The first-order valence-electron chi connectivity index (χ1n) is 5.35. The monoisotopic (exact) mass is 297 g/mol. The van der Waals surface area contributed by atoms with Gasteiger partial charge in [-0.25, -0.2) is 9.67 Å². The van der Waals surface area contributed by atoms with E-state index in [9.17, 15) is 0 Å². The smallest absolute Gasteiger partial charge is 0.186 e. The molecule has 0 spiro atoms. The van der Waals surface area contributed by atoms with Crippen molar-refractivity contribution in [2.75, 3.05) is 0 Å². The van der Waals surface area contributed by atoms with E-state index >= 15 is 0 Å². The lowest BCUT2D eigenvalue weighted by Crippen LogP contribution is -2.13. The predicted molar refractivity (Wildman–Crippen MR) is 74.5 cm³/mol. The topological polar surface area (TPSA) is 89.3 Å². The minimum absolute atomic E-state index is 0.0365. The van der Waals surface area contributed by atoms with Gasteiger partial charge < -0.3 is 10.9 Å². The lowest BCUT2D eigenvalue weighted by molar-refractivity contribution is 0.318. The maximum atomic E-state index is 8.61. The van der Waals surface area contributed by atoms with Gasteiger partial charge in [-0.2, -0.15) is 5.10 Å². The number of aryl methyl sites for hydroxylation is 1. The molecule has 0 unspecified atom stereocenters. The van der Waals surface area contributed by atoms with E-state index in [0.717, 1.165) is 10.7 Å². The quantitative estimate of drug-likeness (QED) is 0.295. The van der Waals surface area contributed by atoms with E-state index in [1.165, 1.54) is 18.1 Å². The summed E-state index contributed by atoms with van der Waals surface area (Å²) in [6.07, 6.45) is 1.51. The van der Waals surface area contributed by atoms with Gasteiger partial charge in [0.25, 0.3) is 0 Å². The van der Waals surface area contributed by atoms with Crippen LogP contribution in [0.3, 0.4) is 0 Å². The summed E-state index contributed by atoms with van der Waals surface area (Å²) in [5.74, 6) is 0.705. The fourth-order valence-electron chi connectivity index (χ4n) is 1.44. The molecule has 0 aliphatic rings. The molecule has 0 saturated heterocycles. The fraction of sp³-hybridized carbons (Fsp3) is 0.182. The van der Waals surface area contributed by atoms with E-state index < -0.39 is 0 Å². The Morgan fingerprint density at radius 1 is 1.58 bits per heavy atom. The molecule has 0 saturated carbocycles. The molecule has 3 N–H and O–H groups in total. The number of thioether (sulfide) groups is 1. The summed E-state index contributed by atoms with van der Waals surface area (Å²) < 4.78 is 1.70. The van der Waals surface area contributed by atoms with Crippen LogP contribution in [-0.2, 0) is 12.8 Å². The number of hydrogen-bond donors (Lipinski definition) is 2. The Balaban J connectivity index is 2.12. The predicted octanol–water partition coefficient (Wildman–Crippen LogP) is 1.86. The lowest BCUT2D eigenvalue weighted by Gasteiger charge is -2.06. The Kier molecular flexibility index (Phi) is 4.28. The van der Waals surface area contributed by atoms with Crippen molar-refractivity contribution >= 4 is 29.2 Å². The molecule has 2 rings (SSSR count). The summed E-state index contributed by atoms with van der Waals surface area (Å²) in [5.41, 5.74) is 7.03. The van der Waals surface area contributed by atoms with Crippen molar-refractivity contribution in [3.8, 4) is 0 Å². The molecule has 2 aromatic rings. The van der Waals surface area contributed by atoms with Crippen molar-refractivity contribution in [3.05, 3.63) is 40.7 Å².